The van der Waals surface area contributed by atoms with Crippen LogP contribution < -0.4 is 4.74 Å². The van der Waals surface area contributed by atoms with Gasteiger partial charge < -0.3 is 4.74 Å². The van der Waals surface area contributed by atoms with E-state index >= 15 is 17.6 Å². The van der Waals surface area contributed by atoms with Crippen LogP contribution in [0.25, 0.3) is 22.3 Å². The third-order valence-electron chi connectivity index (χ3n) is 10.5. The molecule has 0 fully saturated rings. The van der Waals surface area contributed by atoms with Crippen LogP contribution in [0, 0.1) is 0 Å². The minimum absolute atomic E-state index is 0.124. The fraction of sp³-hybridized carbons (Fsp3) is 0.0769. The minimum atomic E-state index is -7.56. The van der Waals surface area contributed by atoms with Crippen molar-refractivity contribution in [2.75, 3.05) is 0 Å². The molecule has 8 aromatic carbocycles. The normalized spacial score (nSPS) is 12.9. The molecule has 18 heteroatoms. The lowest BCUT2D eigenvalue weighted by atomic mass is 10.1. The lowest BCUT2D eigenvalue weighted by molar-refractivity contribution is -0.382. The van der Waals surface area contributed by atoms with Crippen molar-refractivity contribution in [3.05, 3.63) is 211 Å². The van der Waals surface area contributed by atoms with Crippen molar-refractivity contribution in [3.63, 3.8) is 0 Å². The monoisotopic (exact) mass is 1100 g/mol. The van der Waals surface area contributed by atoms with Crippen LogP contribution in [0.1, 0.15) is 0 Å². The molecule has 0 aliphatic rings. The summed E-state index contributed by atoms with van der Waals surface area (Å²) in [5.41, 5.74) is 3.81. The molecule has 0 aliphatic carbocycles. The van der Waals surface area contributed by atoms with Gasteiger partial charge in [0.25, 0.3) is 0 Å². The predicted octanol–water partition coefficient (Wildman–Crippen LogP) is 17.8. The van der Waals surface area contributed by atoms with Gasteiger partial charge >= 0.3 is 33.4 Å². The predicted molar refractivity (Wildman–Crippen MR) is 259 cm³/mol. The smallest absolute Gasteiger partial charge is 0.457 e. The first kappa shape index (κ1) is 50.7. The third kappa shape index (κ3) is 10.4. The van der Waals surface area contributed by atoms with Crippen molar-refractivity contribution in [1.29, 1.82) is 0 Å². The Morgan fingerprint density at radius 3 is 1.06 bits per heavy atom. The molecule has 8 aromatic rings. The highest BCUT2D eigenvalue weighted by Gasteiger charge is 2.86. The van der Waals surface area contributed by atoms with E-state index in [1.807, 2.05) is 109 Å². The molecule has 360 valence electrons. The Hall–Kier alpha value is -5.63. The molecular formula is C52H34BrF9O4S4. The highest BCUT2D eigenvalue weighted by atomic mass is 79.9. The molecule has 4 nitrogen and oxygen atoms in total. The Morgan fingerprint density at radius 1 is 0.386 bits per heavy atom. The van der Waals surface area contributed by atoms with Crippen molar-refractivity contribution in [2.45, 2.75) is 57.5 Å². The van der Waals surface area contributed by atoms with Gasteiger partial charge in [-0.2, -0.15) is 47.9 Å². The second-order valence-electron chi connectivity index (χ2n) is 15.2. The Labute approximate surface area is 415 Å². The van der Waals surface area contributed by atoms with Crippen LogP contribution in [-0.2, 0) is 13.7 Å². The fourth-order valence-electron chi connectivity index (χ4n) is 6.92. The van der Waals surface area contributed by atoms with Crippen LogP contribution in [-0.4, -0.2) is 31.7 Å². The maximum absolute atomic E-state index is 15.8. The quantitative estimate of drug-likeness (QED) is 0.0899. The van der Waals surface area contributed by atoms with Crippen molar-refractivity contribution in [3.8, 4) is 33.8 Å². The molecule has 0 atom stereocenters. The van der Waals surface area contributed by atoms with E-state index in [0.29, 0.717) is 15.5 Å². The van der Waals surface area contributed by atoms with E-state index in [1.165, 1.54) is 96.3 Å². The fourth-order valence-corrected chi connectivity index (χ4v) is 14.0. The van der Waals surface area contributed by atoms with E-state index in [-0.39, 0.29) is 20.4 Å². The summed E-state index contributed by atoms with van der Waals surface area (Å²) in [6.07, 6.45) is -7.30. The van der Waals surface area contributed by atoms with Gasteiger partial charge in [0.2, 0.25) is 0 Å². The molecule has 0 bridgehead atoms. The summed E-state index contributed by atoms with van der Waals surface area (Å²) in [6, 6.07) is 56.7. The molecule has 0 saturated heterocycles. The van der Waals surface area contributed by atoms with Gasteiger partial charge in [-0.25, -0.2) is 3.63 Å². The third-order valence-corrected chi connectivity index (χ3v) is 18.3. The SMILES string of the molecule is O=S(=O)(OS(c1ccc(Oc2ccc(Br)cc2)cc1)(c1ccc(Sc2ccc(-c3ccccc3)cc2)cc1)c1ccc(Sc2ccc(-c3ccccc3)cc2)cc1)C(F)(F)C(F)(F)C(F)(F)C(F)(F)F. The summed E-state index contributed by atoms with van der Waals surface area (Å²) in [4.78, 5) is 1.81. The number of ether oxygens (including phenoxy) is 1. The Kier molecular flexibility index (Phi) is 14.7. The van der Waals surface area contributed by atoms with E-state index in [9.17, 15) is 30.4 Å². The van der Waals surface area contributed by atoms with Crippen LogP contribution >= 0.6 is 49.8 Å². The lowest BCUT2D eigenvalue weighted by Gasteiger charge is -2.41. The second-order valence-corrected chi connectivity index (χ2v) is 22.9. The van der Waals surface area contributed by atoms with Gasteiger partial charge in [-0.15, -0.1) is 0 Å². The largest absolute Gasteiger partial charge is 0.460 e. The van der Waals surface area contributed by atoms with E-state index < -0.39 is 43.7 Å². The zero-order chi connectivity index (χ0) is 50.0. The number of halogens is 10. The minimum Gasteiger partial charge on any atom is -0.457 e. The highest BCUT2D eigenvalue weighted by Crippen LogP contribution is 2.72. The van der Waals surface area contributed by atoms with E-state index in [4.69, 9.17) is 8.37 Å². The molecule has 0 amide bonds. The van der Waals surface area contributed by atoms with E-state index in [2.05, 4.69) is 15.9 Å². The van der Waals surface area contributed by atoms with Gasteiger partial charge in [0, 0.05) is 38.7 Å². The standard InChI is InChI=1S/C52H34BrF9O4S4/c53-39-15-17-40(18-16-39)65-41-19-29-46(30-20-41)69(66-70(63,64)52(61,62)50(56,57)49(54,55)51(58,59)60,47-31-25-44(26-32-47)67-42-21-11-37(12-22-42)35-7-3-1-4-8-35)48-33-27-45(28-34-48)68-43-23-13-38(14-24-43)36-9-5-2-6-10-36/h1-34H. The molecule has 0 saturated carbocycles. The first-order valence-electron chi connectivity index (χ1n) is 20.6. The molecular weight excluding hydrogens is 1070 g/mol. The zero-order valence-corrected chi connectivity index (χ0v) is 40.5. The molecule has 0 aromatic heterocycles. The maximum Gasteiger partial charge on any atom is 0.460 e. The van der Waals surface area contributed by atoms with Crippen LogP contribution in [0.3, 0.4) is 0 Å². The van der Waals surface area contributed by atoms with Gasteiger partial charge in [0.05, 0.1) is 0 Å². The van der Waals surface area contributed by atoms with Gasteiger partial charge in [-0.3, -0.25) is 0 Å². The van der Waals surface area contributed by atoms with Crippen LogP contribution in [0.5, 0.6) is 11.5 Å². The Bertz CT molecular complexity index is 3020. The van der Waals surface area contributed by atoms with Crippen LogP contribution in [0.2, 0.25) is 0 Å². The molecule has 0 unspecified atom stereocenters. The second kappa shape index (κ2) is 20.2. The maximum atomic E-state index is 15.8. The summed E-state index contributed by atoms with van der Waals surface area (Å²) >= 11 is 5.83. The average molecular weight is 1100 g/mol. The number of hydrogen-bond donors (Lipinski definition) is 0. The van der Waals surface area contributed by atoms with Gasteiger partial charge in [0.1, 0.15) is 11.5 Å². The summed E-state index contributed by atoms with van der Waals surface area (Å²) in [5, 5.41) is -7.16. The first-order valence-corrected chi connectivity index (χ1v) is 26.0. The number of rotatable bonds is 16. The average Bonchev–Trinajstić information content (AvgIpc) is 3.35. The number of hydrogen-bond acceptors (Lipinski definition) is 6. The van der Waals surface area contributed by atoms with Crippen LogP contribution in [0.4, 0.5) is 39.5 Å². The molecule has 0 aliphatic heterocycles. The number of benzene rings is 8. The van der Waals surface area contributed by atoms with E-state index in [0.717, 1.165) is 36.5 Å². The van der Waals surface area contributed by atoms with Gasteiger partial charge in [-0.05, 0) is 154 Å². The van der Waals surface area contributed by atoms with Gasteiger partial charge in [-0.1, -0.05) is 124 Å². The lowest BCUT2D eigenvalue weighted by Crippen LogP contribution is -2.63. The molecule has 0 heterocycles. The Morgan fingerprint density at radius 2 is 0.700 bits per heavy atom. The van der Waals surface area contributed by atoms with Crippen molar-refractivity contribution in [1.82, 2.24) is 0 Å². The van der Waals surface area contributed by atoms with E-state index in [1.54, 1.807) is 24.3 Å². The molecule has 0 N–H and O–H groups in total. The number of alkyl halides is 9. The Balaban J connectivity index is 1.24. The molecule has 0 radical (unpaired) electrons. The topological polar surface area (TPSA) is 52.6 Å². The van der Waals surface area contributed by atoms with Crippen molar-refractivity contribution >= 4 is 59.9 Å². The van der Waals surface area contributed by atoms with Crippen molar-refractivity contribution < 1.29 is 56.3 Å². The highest BCUT2D eigenvalue weighted by molar-refractivity contribution is 9.10. The molecule has 70 heavy (non-hydrogen) atoms. The van der Waals surface area contributed by atoms with Crippen LogP contribution in [0.15, 0.2) is 245 Å². The summed E-state index contributed by atoms with van der Waals surface area (Å²) < 4.78 is 170. The summed E-state index contributed by atoms with van der Waals surface area (Å²) in [7, 11) is -11.8. The summed E-state index contributed by atoms with van der Waals surface area (Å²) in [6.45, 7) is 0. The van der Waals surface area contributed by atoms with Gasteiger partial charge in [0.15, 0.2) is 0 Å². The molecule has 8 rings (SSSR count). The molecule has 0 spiro atoms. The first-order chi connectivity index (χ1) is 33.2. The van der Waals surface area contributed by atoms with Crippen molar-refractivity contribution in [2.24, 2.45) is 0 Å². The summed E-state index contributed by atoms with van der Waals surface area (Å²) in [5.74, 6) is -14.6. The zero-order valence-electron chi connectivity index (χ0n) is 35.7.